The van der Waals surface area contributed by atoms with Crippen LogP contribution in [0.4, 0.5) is 0 Å². The van der Waals surface area contributed by atoms with Crippen molar-refractivity contribution >= 4 is 0 Å². The molecule has 1 N–H and O–H groups in total. The van der Waals surface area contributed by atoms with Crippen molar-refractivity contribution < 1.29 is 0 Å². The summed E-state index contributed by atoms with van der Waals surface area (Å²) in [6.07, 6.45) is 2.56. The van der Waals surface area contributed by atoms with Gasteiger partial charge in [-0.25, -0.2) is 0 Å². The number of likely N-dealkylation sites (N-methyl/N-ethyl adjacent to an activating group) is 1. The van der Waals surface area contributed by atoms with Crippen LogP contribution in [0.2, 0.25) is 0 Å². The molecule has 0 saturated carbocycles. The highest BCUT2D eigenvalue weighted by Crippen LogP contribution is 2.24. The summed E-state index contributed by atoms with van der Waals surface area (Å²) < 4.78 is 0. The van der Waals surface area contributed by atoms with Crippen molar-refractivity contribution in [1.82, 2.24) is 10.2 Å². The molecule has 0 heterocycles. The molecule has 0 bridgehead atoms. The Balaban J connectivity index is 3.93. The van der Waals surface area contributed by atoms with Gasteiger partial charge in [-0.05, 0) is 39.3 Å². The van der Waals surface area contributed by atoms with E-state index < -0.39 is 0 Å². The van der Waals surface area contributed by atoms with E-state index in [1.807, 2.05) is 0 Å². The zero-order chi connectivity index (χ0) is 12.8. The number of nitrogens with zero attached hydrogens (tertiary/aromatic N) is 1. The average Bonchev–Trinajstić information content (AvgIpc) is 2.20. The third-order valence-electron chi connectivity index (χ3n) is 3.71. The van der Waals surface area contributed by atoms with Crippen LogP contribution in [-0.4, -0.2) is 37.1 Å². The first-order valence-electron chi connectivity index (χ1n) is 6.73. The Labute approximate surface area is 103 Å². The SMILES string of the molecule is CCCCNCC(C)N(C)C(C)C(C)(C)C. The van der Waals surface area contributed by atoms with E-state index in [1.165, 1.54) is 12.8 Å². The van der Waals surface area contributed by atoms with Crippen LogP contribution in [0, 0.1) is 5.41 Å². The molecule has 0 saturated heterocycles. The fourth-order valence-corrected chi connectivity index (χ4v) is 1.75. The molecule has 0 aliphatic heterocycles. The first-order valence-corrected chi connectivity index (χ1v) is 6.73. The van der Waals surface area contributed by atoms with Crippen LogP contribution in [0.1, 0.15) is 54.4 Å². The van der Waals surface area contributed by atoms with Crippen LogP contribution in [0.3, 0.4) is 0 Å². The van der Waals surface area contributed by atoms with Gasteiger partial charge in [0.15, 0.2) is 0 Å². The fraction of sp³-hybridized carbons (Fsp3) is 1.00. The lowest BCUT2D eigenvalue weighted by Gasteiger charge is -2.39. The molecule has 2 atom stereocenters. The summed E-state index contributed by atoms with van der Waals surface area (Å²) in [7, 11) is 2.24. The molecular weight excluding hydrogens is 196 g/mol. The van der Waals surface area contributed by atoms with Crippen molar-refractivity contribution in [3.8, 4) is 0 Å². The van der Waals surface area contributed by atoms with Gasteiger partial charge < -0.3 is 5.32 Å². The third kappa shape index (κ3) is 5.86. The van der Waals surface area contributed by atoms with E-state index in [4.69, 9.17) is 0 Å². The van der Waals surface area contributed by atoms with Crippen molar-refractivity contribution in [2.24, 2.45) is 5.41 Å². The first-order chi connectivity index (χ1) is 7.30. The molecule has 0 amide bonds. The molecule has 0 fully saturated rings. The lowest BCUT2D eigenvalue weighted by molar-refractivity contribution is 0.104. The highest BCUT2D eigenvalue weighted by atomic mass is 15.2. The third-order valence-corrected chi connectivity index (χ3v) is 3.71. The van der Waals surface area contributed by atoms with Gasteiger partial charge in [-0.3, -0.25) is 4.90 Å². The van der Waals surface area contributed by atoms with E-state index in [1.54, 1.807) is 0 Å². The molecule has 2 nitrogen and oxygen atoms in total. The van der Waals surface area contributed by atoms with Gasteiger partial charge in [-0.15, -0.1) is 0 Å². The topological polar surface area (TPSA) is 15.3 Å². The monoisotopic (exact) mass is 228 g/mol. The zero-order valence-corrected chi connectivity index (χ0v) is 12.4. The largest absolute Gasteiger partial charge is 0.315 e. The predicted molar refractivity (Wildman–Crippen MR) is 73.9 cm³/mol. The van der Waals surface area contributed by atoms with E-state index >= 15 is 0 Å². The summed E-state index contributed by atoms with van der Waals surface area (Å²) in [5.74, 6) is 0. The molecule has 0 rings (SSSR count). The summed E-state index contributed by atoms with van der Waals surface area (Å²) in [6, 6.07) is 1.21. The Morgan fingerprint density at radius 2 is 1.75 bits per heavy atom. The molecular formula is C14H32N2. The summed E-state index contributed by atoms with van der Waals surface area (Å²) in [5, 5.41) is 3.53. The quantitative estimate of drug-likeness (QED) is 0.674. The van der Waals surface area contributed by atoms with Gasteiger partial charge in [0.05, 0.1) is 0 Å². The molecule has 98 valence electrons. The molecule has 0 radical (unpaired) electrons. The number of rotatable bonds is 7. The normalized spacial score (nSPS) is 16.5. The summed E-state index contributed by atoms with van der Waals surface area (Å²) in [6.45, 7) is 16.0. The minimum atomic E-state index is 0.354. The summed E-state index contributed by atoms with van der Waals surface area (Å²) in [5.41, 5.74) is 0.354. The molecule has 0 aliphatic rings. The molecule has 0 aromatic carbocycles. The van der Waals surface area contributed by atoms with Gasteiger partial charge in [0.2, 0.25) is 0 Å². The lowest BCUT2D eigenvalue weighted by atomic mass is 9.86. The summed E-state index contributed by atoms with van der Waals surface area (Å²) >= 11 is 0. The molecule has 2 unspecified atom stereocenters. The van der Waals surface area contributed by atoms with E-state index in [0.717, 1.165) is 13.1 Å². The minimum absolute atomic E-state index is 0.354. The van der Waals surface area contributed by atoms with Crippen molar-refractivity contribution in [3.63, 3.8) is 0 Å². The number of hydrogen-bond acceptors (Lipinski definition) is 2. The van der Waals surface area contributed by atoms with Gasteiger partial charge in [-0.1, -0.05) is 34.1 Å². The van der Waals surface area contributed by atoms with Crippen LogP contribution in [0.5, 0.6) is 0 Å². The second-order valence-corrected chi connectivity index (χ2v) is 6.11. The van der Waals surface area contributed by atoms with E-state index in [9.17, 15) is 0 Å². The highest BCUT2D eigenvalue weighted by Gasteiger charge is 2.26. The maximum Gasteiger partial charge on any atom is 0.0192 e. The molecule has 0 spiro atoms. The maximum absolute atomic E-state index is 3.53. The van der Waals surface area contributed by atoms with Crippen molar-refractivity contribution in [1.29, 1.82) is 0 Å². The van der Waals surface area contributed by atoms with Gasteiger partial charge in [-0.2, -0.15) is 0 Å². The van der Waals surface area contributed by atoms with Gasteiger partial charge in [0.1, 0.15) is 0 Å². The number of unbranched alkanes of at least 4 members (excludes halogenated alkanes) is 1. The van der Waals surface area contributed by atoms with Crippen molar-refractivity contribution in [3.05, 3.63) is 0 Å². The van der Waals surface area contributed by atoms with E-state index in [2.05, 4.69) is 58.8 Å². The van der Waals surface area contributed by atoms with Crippen molar-refractivity contribution in [2.45, 2.75) is 66.5 Å². The number of nitrogens with one attached hydrogen (secondary N) is 1. The van der Waals surface area contributed by atoms with E-state index in [-0.39, 0.29) is 0 Å². The smallest absolute Gasteiger partial charge is 0.0192 e. The highest BCUT2D eigenvalue weighted by molar-refractivity contribution is 4.81. The Morgan fingerprint density at radius 3 is 2.19 bits per heavy atom. The fourth-order valence-electron chi connectivity index (χ4n) is 1.75. The van der Waals surface area contributed by atoms with Crippen LogP contribution in [-0.2, 0) is 0 Å². The first kappa shape index (κ1) is 15.9. The van der Waals surface area contributed by atoms with Gasteiger partial charge in [0.25, 0.3) is 0 Å². The average molecular weight is 228 g/mol. The molecule has 2 heteroatoms. The van der Waals surface area contributed by atoms with Crippen LogP contribution < -0.4 is 5.32 Å². The molecule has 16 heavy (non-hydrogen) atoms. The van der Waals surface area contributed by atoms with Crippen molar-refractivity contribution in [2.75, 3.05) is 20.1 Å². The standard InChI is InChI=1S/C14H32N2/c1-8-9-10-15-11-12(2)16(7)13(3)14(4,5)6/h12-13,15H,8-11H2,1-7H3. The van der Waals surface area contributed by atoms with Crippen LogP contribution >= 0.6 is 0 Å². The van der Waals surface area contributed by atoms with Gasteiger partial charge in [0, 0.05) is 18.6 Å². The second-order valence-electron chi connectivity index (χ2n) is 6.11. The lowest BCUT2D eigenvalue weighted by Crippen LogP contribution is -2.47. The Morgan fingerprint density at radius 1 is 1.19 bits per heavy atom. The molecule has 0 aliphatic carbocycles. The summed E-state index contributed by atoms with van der Waals surface area (Å²) in [4.78, 5) is 2.49. The Bertz CT molecular complexity index is 172. The zero-order valence-electron chi connectivity index (χ0n) is 12.4. The second kappa shape index (κ2) is 7.29. The van der Waals surface area contributed by atoms with Crippen LogP contribution in [0.25, 0.3) is 0 Å². The maximum atomic E-state index is 3.53. The molecule has 0 aromatic heterocycles. The number of hydrogen-bond donors (Lipinski definition) is 1. The Kier molecular flexibility index (Phi) is 7.25. The predicted octanol–water partition coefficient (Wildman–Crippen LogP) is 3.13. The molecule has 0 aromatic rings. The Hall–Kier alpha value is -0.0800. The van der Waals surface area contributed by atoms with Gasteiger partial charge >= 0.3 is 0 Å². The minimum Gasteiger partial charge on any atom is -0.315 e. The van der Waals surface area contributed by atoms with Crippen LogP contribution in [0.15, 0.2) is 0 Å². The van der Waals surface area contributed by atoms with E-state index in [0.29, 0.717) is 17.5 Å².